The molecule has 9 heteroatoms. The standard InChI is InChI=1S/C18H22FN7O/c19-15-4-13(7-20-8-15)3-14-5-18(6-14)10-25(11-18)17(27)24-2-1-16(9-24)26-12-21-22-23-26/h4,7-8,12,14,16H,1-3,5-6,9-11H2/t16-/m1/s1. The molecule has 3 aliphatic rings. The van der Waals surface area contributed by atoms with Crippen molar-refractivity contribution in [3.8, 4) is 0 Å². The summed E-state index contributed by atoms with van der Waals surface area (Å²) < 4.78 is 15.0. The fraction of sp³-hybridized carbons (Fsp3) is 0.611. The second-order valence-electron chi connectivity index (χ2n) is 8.31. The van der Waals surface area contributed by atoms with E-state index in [9.17, 15) is 9.18 Å². The molecule has 1 aliphatic carbocycles. The van der Waals surface area contributed by atoms with E-state index in [1.165, 1.54) is 6.20 Å². The van der Waals surface area contributed by atoms with Crippen LogP contribution in [0.2, 0.25) is 0 Å². The van der Waals surface area contributed by atoms with Crippen molar-refractivity contribution in [3.05, 3.63) is 36.2 Å². The Morgan fingerprint density at radius 2 is 2.11 bits per heavy atom. The Labute approximate surface area is 156 Å². The zero-order valence-electron chi connectivity index (χ0n) is 15.0. The Morgan fingerprint density at radius 3 is 2.85 bits per heavy atom. The molecule has 5 rings (SSSR count). The lowest BCUT2D eigenvalue weighted by molar-refractivity contribution is -0.0754. The number of amides is 2. The number of carbonyl (C=O) groups excluding carboxylic acids is 1. The fourth-order valence-electron chi connectivity index (χ4n) is 5.03. The first kappa shape index (κ1) is 16.6. The van der Waals surface area contributed by atoms with Crippen LogP contribution in [0.3, 0.4) is 0 Å². The average molecular weight is 371 g/mol. The van der Waals surface area contributed by atoms with Gasteiger partial charge in [-0.25, -0.2) is 13.9 Å². The molecule has 2 aromatic heterocycles. The molecule has 4 heterocycles. The van der Waals surface area contributed by atoms with E-state index in [1.54, 1.807) is 23.3 Å². The molecule has 1 atom stereocenters. The van der Waals surface area contributed by atoms with Gasteiger partial charge in [-0.15, -0.1) is 5.10 Å². The first-order valence-electron chi connectivity index (χ1n) is 9.46. The molecule has 0 aromatic carbocycles. The van der Waals surface area contributed by atoms with Crippen molar-refractivity contribution < 1.29 is 9.18 Å². The van der Waals surface area contributed by atoms with Crippen molar-refractivity contribution in [1.29, 1.82) is 0 Å². The molecule has 2 aliphatic heterocycles. The number of halogens is 1. The van der Waals surface area contributed by atoms with Crippen LogP contribution in [-0.2, 0) is 6.42 Å². The van der Waals surface area contributed by atoms with Crippen LogP contribution in [0, 0.1) is 17.2 Å². The Bertz CT molecular complexity index is 828. The molecule has 2 saturated heterocycles. The maximum Gasteiger partial charge on any atom is 0.320 e. The van der Waals surface area contributed by atoms with Gasteiger partial charge in [0.25, 0.3) is 0 Å². The van der Waals surface area contributed by atoms with E-state index in [4.69, 9.17) is 0 Å². The van der Waals surface area contributed by atoms with Crippen molar-refractivity contribution in [3.63, 3.8) is 0 Å². The molecule has 27 heavy (non-hydrogen) atoms. The molecule has 142 valence electrons. The number of nitrogens with zero attached hydrogens (tertiary/aromatic N) is 7. The molecule has 8 nitrogen and oxygen atoms in total. The minimum Gasteiger partial charge on any atom is -0.323 e. The summed E-state index contributed by atoms with van der Waals surface area (Å²) in [7, 11) is 0. The number of urea groups is 1. The van der Waals surface area contributed by atoms with E-state index in [0.717, 1.165) is 50.9 Å². The smallest absolute Gasteiger partial charge is 0.320 e. The highest BCUT2D eigenvalue weighted by Crippen LogP contribution is 2.53. The summed E-state index contributed by atoms with van der Waals surface area (Å²) in [6.45, 7) is 3.11. The molecule has 1 saturated carbocycles. The third-order valence-corrected chi connectivity index (χ3v) is 6.23. The van der Waals surface area contributed by atoms with Crippen LogP contribution in [0.1, 0.15) is 30.9 Å². The summed E-state index contributed by atoms with van der Waals surface area (Å²) in [6.07, 6.45) is 8.59. The van der Waals surface area contributed by atoms with Crippen LogP contribution in [-0.4, -0.2) is 67.2 Å². The van der Waals surface area contributed by atoms with Gasteiger partial charge in [0.05, 0.1) is 12.2 Å². The van der Waals surface area contributed by atoms with Crippen molar-refractivity contribution in [2.75, 3.05) is 26.2 Å². The molecule has 2 aromatic rings. The molecule has 2 amide bonds. The lowest BCUT2D eigenvalue weighted by Gasteiger charge is -2.59. The van der Waals surface area contributed by atoms with Crippen molar-refractivity contribution >= 4 is 6.03 Å². The Balaban J connectivity index is 1.09. The SMILES string of the molecule is O=C(N1CC[C@@H](n2cnnn2)C1)N1CC2(CC(Cc3cncc(F)c3)C2)C1. The third kappa shape index (κ3) is 3.04. The Hall–Kier alpha value is -2.58. The highest BCUT2D eigenvalue weighted by atomic mass is 19.1. The third-order valence-electron chi connectivity index (χ3n) is 6.23. The van der Waals surface area contributed by atoms with Crippen LogP contribution in [0.15, 0.2) is 24.8 Å². The van der Waals surface area contributed by atoms with E-state index in [-0.39, 0.29) is 23.3 Å². The fourth-order valence-corrected chi connectivity index (χ4v) is 5.03. The second-order valence-corrected chi connectivity index (χ2v) is 8.31. The van der Waals surface area contributed by atoms with Gasteiger partial charge in [-0.05, 0) is 53.7 Å². The van der Waals surface area contributed by atoms with E-state index in [1.807, 2.05) is 9.80 Å². The number of rotatable bonds is 3. The van der Waals surface area contributed by atoms with Gasteiger partial charge in [0, 0.05) is 37.8 Å². The van der Waals surface area contributed by atoms with E-state index in [0.29, 0.717) is 12.5 Å². The summed E-state index contributed by atoms with van der Waals surface area (Å²) in [4.78, 5) is 20.5. The Morgan fingerprint density at radius 1 is 1.26 bits per heavy atom. The van der Waals surface area contributed by atoms with Gasteiger partial charge in [-0.2, -0.15) is 0 Å². The van der Waals surface area contributed by atoms with Crippen LogP contribution in [0.4, 0.5) is 9.18 Å². The number of hydrogen-bond donors (Lipinski definition) is 0. The Kier molecular flexibility index (Phi) is 3.84. The van der Waals surface area contributed by atoms with Crippen molar-refractivity contribution in [2.45, 2.75) is 31.7 Å². The van der Waals surface area contributed by atoms with Gasteiger partial charge in [-0.3, -0.25) is 4.98 Å². The predicted octanol–water partition coefficient (Wildman–Crippen LogP) is 1.53. The summed E-state index contributed by atoms with van der Waals surface area (Å²) in [6, 6.07) is 1.88. The molecule has 0 unspecified atom stereocenters. The van der Waals surface area contributed by atoms with E-state index in [2.05, 4.69) is 20.5 Å². The minimum absolute atomic E-state index is 0.133. The second kappa shape index (κ2) is 6.24. The van der Waals surface area contributed by atoms with Gasteiger partial charge in [0.15, 0.2) is 0 Å². The van der Waals surface area contributed by atoms with Crippen LogP contribution in [0.25, 0.3) is 0 Å². The summed E-state index contributed by atoms with van der Waals surface area (Å²) in [5, 5.41) is 11.3. The molecule has 3 fully saturated rings. The number of pyridine rings is 1. The van der Waals surface area contributed by atoms with Gasteiger partial charge in [0.2, 0.25) is 0 Å². The highest BCUT2D eigenvalue weighted by Gasteiger charge is 2.54. The average Bonchev–Trinajstić information content (AvgIpc) is 3.25. The number of likely N-dealkylation sites (tertiary alicyclic amines) is 2. The van der Waals surface area contributed by atoms with Gasteiger partial charge >= 0.3 is 6.03 Å². The first-order chi connectivity index (χ1) is 13.1. The molecule has 0 radical (unpaired) electrons. The van der Waals surface area contributed by atoms with Gasteiger partial charge in [0.1, 0.15) is 12.1 Å². The number of tetrazole rings is 1. The number of carbonyl (C=O) groups is 1. The molecule has 0 N–H and O–H groups in total. The van der Waals surface area contributed by atoms with Crippen LogP contribution in [0.5, 0.6) is 0 Å². The zero-order chi connectivity index (χ0) is 18.4. The van der Waals surface area contributed by atoms with Crippen molar-refractivity contribution in [2.24, 2.45) is 11.3 Å². The zero-order valence-corrected chi connectivity index (χ0v) is 15.0. The quantitative estimate of drug-likeness (QED) is 0.817. The number of hydrogen-bond acceptors (Lipinski definition) is 5. The summed E-state index contributed by atoms with van der Waals surface area (Å²) >= 11 is 0. The molecular formula is C18H22FN7O. The summed E-state index contributed by atoms with van der Waals surface area (Å²) in [5.41, 5.74) is 1.25. The topological polar surface area (TPSA) is 80.0 Å². The maximum absolute atomic E-state index is 13.3. The van der Waals surface area contributed by atoms with E-state index < -0.39 is 0 Å². The number of aromatic nitrogens is 5. The molecular weight excluding hydrogens is 349 g/mol. The first-order valence-corrected chi connectivity index (χ1v) is 9.46. The van der Waals surface area contributed by atoms with Crippen molar-refractivity contribution in [1.82, 2.24) is 35.0 Å². The van der Waals surface area contributed by atoms with Gasteiger partial charge in [-0.1, -0.05) is 0 Å². The summed E-state index contributed by atoms with van der Waals surface area (Å²) in [5.74, 6) is 0.300. The molecule has 1 spiro atoms. The largest absolute Gasteiger partial charge is 0.323 e. The maximum atomic E-state index is 13.3. The highest BCUT2D eigenvalue weighted by molar-refractivity contribution is 5.76. The van der Waals surface area contributed by atoms with E-state index >= 15 is 0 Å². The minimum atomic E-state index is -0.271. The van der Waals surface area contributed by atoms with Crippen LogP contribution < -0.4 is 0 Å². The lowest BCUT2D eigenvalue weighted by Crippen LogP contribution is -2.65. The predicted molar refractivity (Wildman–Crippen MR) is 93.1 cm³/mol. The normalized spacial score (nSPS) is 24.1. The van der Waals surface area contributed by atoms with Crippen LogP contribution >= 0.6 is 0 Å². The van der Waals surface area contributed by atoms with Gasteiger partial charge < -0.3 is 9.80 Å². The molecule has 0 bridgehead atoms. The monoisotopic (exact) mass is 371 g/mol. The lowest BCUT2D eigenvalue weighted by atomic mass is 9.56.